The SMILES string of the molecule is COc1ccc(NC(=O)CS(=O)(=O)CCBr)cc1. The second kappa shape index (κ2) is 6.75. The van der Waals surface area contributed by atoms with Gasteiger partial charge in [-0.15, -0.1) is 0 Å². The van der Waals surface area contributed by atoms with Gasteiger partial charge in [0.25, 0.3) is 0 Å². The molecule has 0 spiro atoms. The van der Waals surface area contributed by atoms with Gasteiger partial charge in [-0.2, -0.15) is 0 Å². The molecule has 18 heavy (non-hydrogen) atoms. The number of amides is 1. The number of alkyl halides is 1. The average molecular weight is 336 g/mol. The van der Waals surface area contributed by atoms with Crippen molar-refractivity contribution in [1.29, 1.82) is 0 Å². The third-order valence-corrected chi connectivity index (χ3v) is 4.56. The molecule has 1 aromatic carbocycles. The molecule has 0 aliphatic carbocycles. The van der Waals surface area contributed by atoms with Crippen LogP contribution in [0.2, 0.25) is 0 Å². The van der Waals surface area contributed by atoms with E-state index in [4.69, 9.17) is 4.74 Å². The summed E-state index contributed by atoms with van der Waals surface area (Å²) in [5, 5.41) is 2.84. The van der Waals surface area contributed by atoms with Gasteiger partial charge in [0.15, 0.2) is 9.84 Å². The van der Waals surface area contributed by atoms with Crippen LogP contribution in [-0.2, 0) is 14.6 Å². The third kappa shape index (κ3) is 5.05. The molecule has 0 heterocycles. The fourth-order valence-electron chi connectivity index (χ4n) is 1.26. The minimum atomic E-state index is -3.35. The van der Waals surface area contributed by atoms with Crippen LogP contribution >= 0.6 is 15.9 Å². The predicted molar refractivity (Wildman–Crippen MR) is 74.1 cm³/mol. The molecule has 1 rings (SSSR count). The number of benzene rings is 1. The Balaban J connectivity index is 2.59. The minimum absolute atomic E-state index is 0.0525. The fraction of sp³-hybridized carbons (Fsp3) is 0.364. The highest BCUT2D eigenvalue weighted by Gasteiger charge is 2.15. The standard InChI is InChI=1S/C11H14BrNO4S/c1-17-10-4-2-9(3-5-10)13-11(14)8-18(15,16)7-6-12/h2-5H,6-8H2,1H3,(H,13,14). The maximum Gasteiger partial charge on any atom is 0.239 e. The molecule has 0 radical (unpaired) electrons. The van der Waals surface area contributed by atoms with Crippen LogP contribution < -0.4 is 10.1 Å². The molecule has 0 saturated heterocycles. The van der Waals surface area contributed by atoms with E-state index in [0.717, 1.165) is 0 Å². The lowest BCUT2D eigenvalue weighted by atomic mass is 10.3. The van der Waals surface area contributed by atoms with Crippen LogP contribution in [0.25, 0.3) is 0 Å². The molecule has 0 saturated carbocycles. The Bertz CT molecular complexity index is 498. The molecular weight excluding hydrogens is 322 g/mol. The van der Waals surface area contributed by atoms with Gasteiger partial charge in [0.1, 0.15) is 11.5 Å². The fourth-order valence-corrected chi connectivity index (χ4v) is 3.59. The maximum absolute atomic E-state index is 11.5. The van der Waals surface area contributed by atoms with Crippen molar-refractivity contribution in [2.75, 3.05) is 29.3 Å². The van der Waals surface area contributed by atoms with Crippen molar-refractivity contribution < 1.29 is 17.9 Å². The summed E-state index contributed by atoms with van der Waals surface area (Å²) in [5.41, 5.74) is 0.537. The van der Waals surface area contributed by atoms with Crippen LogP contribution in [0.15, 0.2) is 24.3 Å². The molecule has 5 nitrogen and oxygen atoms in total. The summed E-state index contributed by atoms with van der Waals surface area (Å²) >= 11 is 3.03. The van der Waals surface area contributed by atoms with Crippen molar-refractivity contribution >= 4 is 37.4 Å². The van der Waals surface area contributed by atoms with E-state index < -0.39 is 21.5 Å². The summed E-state index contributed by atoms with van der Waals surface area (Å²) in [6, 6.07) is 6.66. The highest BCUT2D eigenvalue weighted by Crippen LogP contribution is 2.14. The Kier molecular flexibility index (Phi) is 5.61. The summed E-state index contributed by atoms with van der Waals surface area (Å²) in [6.45, 7) is 0. The van der Waals surface area contributed by atoms with Crippen molar-refractivity contribution in [3.63, 3.8) is 0 Å². The van der Waals surface area contributed by atoms with Gasteiger partial charge in [-0.05, 0) is 24.3 Å². The number of rotatable bonds is 6. The highest BCUT2D eigenvalue weighted by atomic mass is 79.9. The van der Waals surface area contributed by atoms with E-state index in [1.54, 1.807) is 31.4 Å². The van der Waals surface area contributed by atoms with Gasteiger partial charge in [0.05, 0.1) is 12.9 Å². The van der Waals surface area contributed by atoms with E-state index in [0.29, 0.717) is 16.8 Å². The Labute approximate surface area is 115 Å². The molecule has 0 fully saturated rings. The molecule has 0 aliphatic rings. The van der Waals surface area contributed by atoms with Gasteiger partial charge in [-0.25, -0.2) is 8.42 Å². The van der Waals surface area contributed by atoms with Gasteiger partial charge in [0.2, 0.25) is 5.91 Å². The van der Waals surface area contributed by atoms with Gasteiger partial charge >= 0.3 is 0 Å². The van der Waals surface area contributed by atoms with Crippen LogP contribution in [0.1, 0.15) is 0 Å². The zero-order valence-corrected chi connectivity index (χ0v) is 12.3. The highest BCUT2D eigenvalue weighted by molar-refractivity contribution is 9.09. The zero-order chi connectivity index (χ0) is 13.6. The quantitative estimate of drug-likeness (QED) is 0.798. The maximum atomic E-state index is 11.5. The topological polar surface area (TPSA) is 72.5 Å². The van der Waals surface area contributed by atoms with Gasteiger partial charge < -0.3 is 10.1 Å². The van der Waals surface area contributed by atoms with Gasteiger partial charge in [-0.3, -0.25) is 4.79 Å². The van der Waals surface area contributed by atoms with Crippen LogP contribution in [0.4, 0.5) is 5.69 Å². The second-order valence-electron chi connectivity index (χ2n) is 3.56. The molecular formula is C11H14BrNO4S. The Morgan fingerprint density at radius 3 is 2.44 bits per heavy atom. The number of hydrogen-bond donors (Lipinski definition) is 1. The molecule has 1 amide bonds. The molecule has 0 atom stereocenters. The first-order valence-corrected chi connectivity index (χ1v) is 8.11. The van der Waals surface area contributed by atoms with Crippen molar-refractivity contribution in [2.45, 2.75) is 0 Å². The molecule has 1 N–H and O–H groups in total. The average Bonchev–Trinajstić information content (AvgIpc) is 2.28. The molecule has 0 bridgehead atoms. The van der Waals surface area contributed by atoms with Crippen molar-refractivity contribution in [3.8, 4) is 5.75 Å². The summed E-state index contributed by atoms with van der Waals surface area (Å²) in [7, 11) is -1.81. The lowest BCUT2D eigenvalue weighted by Gasteiger charge is -2.06. The number of ether oxygens (including phenoxy) is 1. The number of carbonyl (C=O) groups is 1. The van der Waals surface area contributed by atoms with Gasteiger partial charge in [-0.1, -0.05) is 15.9 Å². The number of methoxy groups -OCH3 is 1. The van der Waals surface area contributed by atoms with Crippen molar-refractivity contribution in [3.05, 3.63) is 24.3 Å². The number of carbonyl (C=O) groups excluding carboxylic acids is 1. The minimum Gasteiger partial charge on any atom is -0.497 e. The lowest BCUT2D eigenvalue weighted by Crippen LogP contribution is -2.25. The number of halogens is 1. The van der Waals surface area contributed by atoms with E-state index in [1.807, 2.05) is 0 Å². The van der Waals surface area contributed by atoms with E-state index in [9.17, 15) is 13.2 Å². The lowest BCUT2D eigenvalue weighted by molar-refractivity contribution is -0.113. The van der Waals surface area contributed by atoms with E-state index in [2.05, 4.69) is 21.2 Å². The number of anilines is 1. The van der Waals surface area contributed by atoms with Crippen LogP contribution in [0.5, 0.6) is 5.75 Å². The summed E-state index contributed by atoms with van der Waals surface area (Å²) in [6.07, 6.45) is 0. The first-order valence-electron chi connectivity index (χ1n) is 5.17. The normalized spacial score (nSPS) is 11.0. The number of nitrogens with one attached hydrogen (secondary N) is 1. The first-order chi connectivity index (χ1) is 8.46. The van der Waals surface area contributed by atoms with E-state index >= 15 is 0 Å². The van der Waals surface area contributed by atoms with E-state index in [1.165, 1.54) is 0 Å². The van der Waals surface area contributed by atoms with Crippen molar-refractivity contribution in [1.82, 2.24) is 0 Å². The largest absolute Gasteiger partial charge is 0.497 e. The van der Waals surface area contributed by atoms with Crippen LogP contribution in [0, 0.1) is 0 Å². The number of sulfone groups is 1. The summed E-state index contributed by atoms with van der Waals surface area (Å²) < 4.78 is 27.8. The number of hydrogen-bond acceptors (Lipinski definition) is 4. The third-order valence-electron chi connectivity index (χ3n) is 2.11. The van der Waals surface area contributed by atoms with Gasteiger partial charge in [0, 0.05) is 11.0 Å². The Morgan fingerprint density at radius 1 is 1.33 bits per heavy atom. The van der Waals surface area contributed by atoms with Crippen LogP contribution in [-0.4, -0.2) is 38.3 Å². The molecule has 1 aromatic rings. The monoisotopic (exact) mass is 335 g/mol. The summed E-state index contributed by atoms with van der Waals surface area (Å²) in [5.74, 6) is -0.436. The van der Waals surface area contributed by atoms with Crippen molar-refractivity contribution in [2.24, 2.45) is 0 Å². The molecule has 0 unspecified atom stereocenters. The smallest absolute Gasteiger partial charge is 0.239 e. The molecule has 7 heteroatoms. The first kappa shape index (κ1) is 15.0. The predicted octanol–water partition coefficient (Wildman–Crippen LogP) is 1.44. The van der Waals surface area contributed by atoms with E-state index in [-0.39, 0.29) is 5.75 Å². The molecule has 0 aliphatic heterocycles. The van der Waals surface area contributed by atoms with Crippen LogP contribution in [0.3, 0.4) is 0 Å². The Morgan fingerprint density at radius 2 is 1.94 bits per heavy atom. The molecule has 0 aromatic heterocycles. The summed E-state index contributed by atoms with van der Waals surface area (Å²) in [4.78, 5) is 11.5. The zero-order valence-electron chi connectivity index (χ0n) is 9.85. The Hall–Kier alpha value is -1.08. The molecule has 100 valence electrons. The second-order valence-corrected chi connectivity index (χ2v) is 6.53.